The van der Waals surface area contributed by atoms with Crippen LogP contribution < -0.4 is 5.43 Å². The first kappa shape index (κ1) is 27.8. The molecule has 1 heterocycles. The summed E-state index contributed by atoms with van der Waals surface area (Å²) in [7, 11) is 0. The molecular weight excluding hydrogens is 484 g/mol. The molecule has 0 unspecified atom stereocenters. The molecule has 0 aliphatic rings. The highest BCUT2D eigenvalue weighted by Gasteiger charge is 2.21. The number of rotatable bonds is 5. The van der Waals surface area contributed by atoms with Gasteiger partial charge in [-0.1, -0.05) is 102 Å². The molecule has 0 amide bonds. The molecule has 0 spiro atoms. The molecule has 0 fully saturated rings. The Hall–Kier alpha value is -4.18. The van der Waals surface area contributed by atoms with E-state index in [1.807, 2.05) is 42.5 Å². The molecular formula is C35H36O4. The maximum Gasteiger partial charge on any atom is 0.208 e. The minimum atomic E-state index is -0.561. The highest BCUT2D eigenvalue weighted by Crippen LogP contribution is 2.28. The standard InChI is InChI=1S/C35H36O4/c1-22-20-28(37)32-30(21-22)39-29(19-13-24-10-16-26(17-11-24)35(5,6)7)31(33(32)38)27(36)18-12-23-8-14-25(15-9-23)34(2,3)4/h8-21,37H,1-7H3/b18-12+,19-13+. The summed E-state index contributed by atoms with van der Waals surface area (Å²) in [5.41, 5.74) is 4.51. The summed E-state index contributed by atoms with van der Waals surface area (Å²) in [5, 5.41) is 10.5. The number of aromatic hydroxyl groups is 1. The van der Waals surface area contributed by atoms with Crippen molar-refractivity contribution in [1.82, 2.24) is 0 Å². The van der Waals surface area contributed by atoms with Crippen LogP contribution in [-0.4, -0.2) is 10.9 Å². The van der Waals surface area contributed by atoms with E-state index in [2.05, 4.69) is 53.7 Å². The van der Waals surface area contributed by atoms with Crippen molar-refractivity contribution >= 4 is 35.0 Å². The molecule has 0 aliphatic carbocycles. The van der Waals surface area contributed by atoms with Gasteiger partial charge in [0.15, 0.2) is 5.78 Å². The van der Waals surface area contributed by atoms with Gasteiger partial charge in [-0.25, -0.2) is 0 Å². The second kappa shape index (κ2) is 10.5. The Kier molecular flexibility index (Phi) is 7.52. The number of fused-ring (bicyclic) bond motifs is 1. The summed E-state index contributed by atoms with van der Waals surface area (Å²) < 4.78 is 6.06. The number of hydrogen-bond donors (Lipinski definition) is 1. The van der Waals surface area contributed by atoms with Crippen LogP contribution in [0.3, 0.4) is 0 Å². The summed E-state index contributed by atoms with van der Waals surface area (Å²) in [6.45, 7) is 14.7. The van der Waals surface area contributed by atoms with Crippen LogP contribution in [0.5, 0.6) is 5.75 Å². The van der Waals surface area contributed by atoms with E-state index in [-0.39, 0.29) is 38.9 Å². The first-order valence-electron chi connectivity index (χ1n) is 13.2. The van der Waals surface area contributed by atoms with Crippen LogP contribution in [0.2, 0.25) is 0 Å². The molecule has 0 aliphatic heterocycles. The zero-order valence-corrected chi connectivity index (χ0v) is 23.8. The average molecular weight is 521 g/mol. The molecule has 0 bridgehead atoms. The van der Waals surface area contributed by atoms with Crippen molar-refractivity contribution in [3.05, 3.63) is 116 Å². The fourth-order valence-electron chi connectivity index (χ4n) is 4.42. The van der Waals surface area contributed by atoms with Crippen molar-refractivity contribution in [1.29, 1.82) is 0 Å². The van der Waals surface area contributed by atoms with Gasteiger partial charge in [-0.05, 0) is 69.9 Å². The van der Waals surface area contributed by atoms with Gasteiger partial charge >= 0.3 is 0 Å². The van der Waals surface area contributed by atoms with Crippen LogP contribution in [0.15, 0.2) is 76.0 Å². The smallest absolute Gasteiger partial charge is 0.208 e. The van der Waals surface area contributed by atoms with Crippen LogP contribution >= 0.6 is 0 Å². The highest BCUT2D eigenvalue weighted by atomic mass is 16.3. The van der Waals surface area contributed by atoms with Gasteiger partial charge in [-0.2, -0.15) is 0 Å². The largest absolute Gasteiger partial charge is 0.507 e. The quantitative estimate of drug-likeness (QED) is 0.212. The average Bonchev–Trinajstić information content (AvgIpc) is 2.85. The Labute approximate surface area is 230 Å². The third kappa shape index (κ3) is 6.28. The summed E-state index contributed by atoms with van der Waals surface area (Å²) in [5.74, 6) is -0.550. The minimum absolute atomic E-state index is 0.00133. The number of phenols is 1. The van der Waals surface area contributed by atoms with Crippen molar-refractivity contribution in [2.75, 3.05) is 0 Å². The molecule has 4 nitrogen and oxygen atoms in total. The fourth-order valence-corrected chi connectivity index (χ4v) is 4.42. The Morgan fingerprint density at radius 3 is 1.79 bits per heavy atom. The van der Waals surface area contributed by atoms with Gasteiger partial charge in [0, 0.05) is 0 Å². The summed E-state index contributed by atoms with van der Waals surface area (Å²) >= 11 is 0. The predicted molar refractivity (Wildman–Crippen MR) is 161 cm³/mol. The second-order valence-corrected chi connectivity index (χ2v) is 12.1. The summed E-state index contributed by atoms with van der Waals surface area (Å²) in [4.78, 5) is 27.0. The molecule has 39 heavy (non-hydrogen) atoms. The normalized spacial score (nSPS) is 12.6. The Morgan fingerprint density at radius 2 is 1.28 bits per heavy atom. The number of ketones is 1. The zero-order chi connectivity index (χ0) is 28.5. The van der Waals surface area contributed by atoms with Gasteiger partial charge in [-0.15, -0.1) is 0 Å². The lowest BCUT2D eigenvalue weighted by molar-refractivity contribution is 0.104. The van der Waals surface area contributed by atoms with Crippen molar-refractivity contribution < 1.29 is 14.3 Å². The molecule has 0 saturated carbocycles. The SMILES string of the molecule is Cc1cc(O)c2c(=O)c(C(=O)/C=C/c3ccc(C(C)(C)C)cc3)c(/C=C/c3ccc(C(C)(C)C)cc3)oc2c1. The second-order valence-electron chi connectivity index (χ2n) is 12.1. The van der Waals surface area contributed by atoms with Crippen LogP contribution in [0.1, 0.15) is 85.5 Å². The maximum absolute atomic E-state index is 13.5. The monoisotopic (exact) mass is 520 g/mol. The number of hydrogen-bond acceptors (Lipinski definition) is 4. The minimum Gasteiger partial charge on any atom is -0.507 e. The number of allylic oxidation sites excluding steroid dienone is 1. The molecule has 4 aromatic rings. The molecule has 0 saturated heterocycles. The molecule has 0 atom stereocenters. The van der Waals surface area contributed by atoms with E-state index in [0.717, 1.165) is 16.7 Å². The van der Waals surface area contributed by atoms with Crippen LogP contribution in [-0.2, 0) is 10.8 Å². The number of carbonyl (C=O) groups is 1. The van der Waals surface area contributed by atoms with Gasteiger partial charge in [0.25, 0.3) is 0 Å². The molecule has 0 radical (unpaired) electrons. The van der Waals surface area contributed by atoms with Crippen molar-refractivity contribution in [3.8, 4) is 5.75 Å². The summed E-state index contributed by atoms with van der Waals surface area (Å²) in [6.07, 6.45) is 6.53. The molecule has 200 valence electrons. The Balaban J connectivity index is 1.76. The molecule has 3 aromatic carbocycles. The van der Waals surface area contributed by atoms with E-state index < -0.39 is 11.2 Å². The van der Waals surface area contributed by atoms with Gasteiger partial charge in [0.2, 0.25) is 5.43 Å². The molecule has 1 aromatic heterocycles. The highest BCUT2D eigenvalue weighted by molar-refractivity contribution is 6.10. The lowest BCUT2D eigenvalue weighted by Gasteiger charge is -2.18. The lowest BCUT2D eigenvalue weighted by atomic mass is 9.86. The third-order valence-corrected chi connectivity index (χ3v) is 6.80. The van der Waals surface area contributed by atoms with Gasteiger partial charge in [0.05, 0.1) is 0 Å². The van der Waals surface area contributed by atoms with Crippen molar-refractivity contribution in [3.63, 3.8) is 0 Å². The first-order valence-corrected chi connectivity index (χ1v) is 13.2. The number of carbonyl (C=O) groups excluding carboxylic acids is 1. The lowest BCUT2D eigenvalue weighted by Crippen LogP contribution is -2.16. The van der Waals surface area contributed by atoms with E-state index in [1.165, 1.54) is 23.3 Å². The van der Waals surface area contributed by atoms with Crippen LogP contribution in [0, 0.1) is 6.92 Å². The predicted octanol–water partition coefficient (Wildman–Crippen LogP) is 8.47. The number of aryl methyl sites for hydroxylation is 1. The maximum atomic E-state index is 13.5. The molecule has 4 rings (SSSR count). The van der Waals surface area contributed by atoms with Crippen LogP contribution in [0.4, 0.5) is 0 Å². The summed E-state index contributed by atoms with van der Waals surface area (Å²) in [6, 6.07) is 19.3. The van der Waals surface area contributed by atoms with Gasteiger partial charge in [-0.3, -0.25) is 9.59 Å². The number of phenolic OH excluding ortho intramolecular Hbond substituents is 1. The van der Waals surface area contributed by atoms with E-state index in [0.29, 0.717) is 0 Å². The van der Waals surface area contributed by atoms with Gasteiger partial charge < -0.3 is 9.52 Å². The van der Waals surface area contributed by atoms with E-state index in [9.17, 15) is 14.7 Å². The Morgan fingerprint density at radius 1 is 0.769 bits per heavy atom. The topological polar surface area (TPSA) is 67.5 Å². The fraction of sp³-hybridized carbons (Fsp3) is 0.257. The molecule has 4 heteroatoms. The van der Waals surface area contributed by atoms with Crippen LogP contribution in [0.25, 0.3) is 29.2 Å². The van der Waals surface area contributed by atoms with E-state index in [1.54, 1.807) is 25.1 Å². The van der Waals surface area contributed by atoms with E-state index >= 15 is 0 Å². The zero-order valence-electron chi connectivity index (χ0n) is 23.8. The number of benzene rings is 3. The van der Waals surface area contributed by atoms with E-state index in [4.69, 9.17) is 4.42 Å². The first-order chi connectivity index (χ1) is 18.2. The van der Waals surface area contributed by atoms with Crippen molar-refractivity contribution in [2.24, 2.45) is 0 Å². The van der Waals surface area contributed by atoms with Crippen molar-refractivity contribution in [2.45, 2.75) is 59.3 Å². The van der Waals surface area contributed by atoms with Gasteiger partial charge in [0.1, 0.15) is 28.0 Å². The Bertz CT molecular complexity index is 1630. The molecule has 1 N–H and O–H groups in total. The third-order valence-electron chi connectivity index (χ3n) is 6.80.